The van der Waals surface area contributed by atoms with Gasteiger partial charge in [0.25, 0.3) is 0 Å². The van der Waals surface area contributed by atoms with Crippen molar-refractivity contribution in [2.75, 3.05) is 26.2 Å². The zero-order chi connectivity index (χ0) is 31.5. The molecule has 236 valence electrons. The number of likely N-dealkylation sites (tertiary alicyclic amines) is 1. The van der Waals surface area contributed by atoms with Gasteiger partial charge >= 0.3 is 0 Å². The fourth-order valence-corrected chi connectivity index (χ4v) is 5.53. The van der Waals surface area contributed by atoms with E-state index in [4.69, 9.17) is 11.5 Å². The van der Waals surface area contributed by atoms with Crippen LogP contribution in [0.5, 0.6) is 5.75 Å². The number of aromatic hydroxyl groups is 1. The van der Waals surface area contributed by atoms with Gasteiger partial charge in [0.1, 0.15) is 30.4 Å². The Bertz CT molecular complexity index is 1170. The van der Waals surface area contributed by atoms with Crippen molar-refractivity contribution in [3.63, 3.8) is 0 Å². The third kappa shape index (κ3) is 9.66. The van der Waals surface area contributed by atoms with E-state index in [0.717, 1.165) is 32.1 Å². The summed E-state index contributed by atoms with van der Waals surface area (Å²) < 4.78 is 0. The van der Waals surface area contributed by atoms with E-state index >= 15 is 0 Å². The summed E-state index contributed by atoms with van der Waals surface area (Å²) in [6.45, 7) is 0.910. The average Bonchev–Trinajstić information content (AvgIpc) is 3.50. The van der Waals surface area contributed by atoms with Gasteiger partial charge in [-0.15, -0.1) is 0 Å². The predicted molar refractivity (Wildman–Crippen MR) is 156 cm³/mol. The van der Waals surface area contributed by atoms with E-state index in [0.29, 0.717) is 24.9 Å². The fraction of sp³-hybridized carbons (Fsp3) is 0.586. The van der Waals surface area contributed by atoms with Gasteiger partial charge in [-0.05, 0) is 50.3 Å². The summed E-state index contributed by atoms with van der Waals surface area (Å²) in [4.78, 5) is 79.1. The monoisotopic (exact) mass is 601 g/mol. The Balaban J connectivity index is 1.65. The molecule has 14 nitrogen and oxygen atoms in total. The number of nitrogens with two attached hydrogens (primary N) is 2. The molecule has 8 N–H and O–H groups in total. The Kier molecular flexibility index (Phi) is 12.3. The van der Waals surface area contributed by atoms with Crippen LogP contribution in [-0.2, 0) is 35.2 Å². The van der Waals surface area contributed by atoms with Crippen molar-refractivity contribution in [3.8, 4) is 5.75 Å². The largest absolute Gasteiger partial charge is 0.508 e. The predicted octanol–water partition coefficient (Wildman–Crippen LogP) is -1.36. The fourth-order valence-electron chi connectivity index (χ4n) is 5.53. The molecule has 1 aliphatic carbocycles. The first kappa shape index (κ1) is 33.3. The van der Waals surface area contributed by atoms with E-state index in [9.17, 15) is 33.9 Å². The molecule has 0 bridgehead atoms. The first-order valence-corrected chi connectivity index (χ1v) is 14.7. The first-order valence-electron chi connectivity index (χ1n) is 14.7. The Hall–Kier alpha value is -4.20. The highest BCUT2D eigenvalue weighted by Crippen LogP contribution is 2.24. The number of hydrogen-bond acceptors (Lipinski definition) is 8. The van der Waals surface area contributed by atoms with Crippen LogP contribution in [0.3, 0.4) is 0 Å². The minimum Gasteiger partial charge on any atom is -0.508 e. The van der Waals surface area contributed by atoms with Gasteiger partial charge in [-0.2, -0.15) is 0 Å². The average molecular weight is 602 g/mol. The van der Waals surface area contributed by atoms with Crippen molar-refractivity contribution in [2.45, 2.75) is 82.5 Å². The van der Waals surface area contributed by atoms with E-state index in [-0.39, 0.29) is 37.8 Å². The van der Waals surface area contributed by atoms with Crippen molar-refractivity contribution < 1.29 is 33.9 Å². The number of carbonyl (C=O) groups excluding carboxylic acids is 6. The molecule has 6 amide bonds. The lowest BCUT2D eigenvalue weighted by molar-refractivity contribution is -0.145. The van der Waals surface area contributed by atoms with Gasteiger partial charge in [-0.3, -0.25) is 28.8 Å². The number of primary amides is 1. The molecule has 1 aliphatic heterocycles. The van der Waals surface area contributed by atoms with Crippen LogP contribution in [0, 0.1) is 0 Å². The van der Waals surface area contributed by atoms with Crippen LogP contribution in [0.15, 0.2) is 24.3 Å². The quantitative estimate of drug-likeness (QED) is 0.158. The molecular weight excluding hydrogens is 558 g/mol. The molecule has 2 aliphatic rings. The minimum absolute atomic E-state index is 0.0669. The SMILES string of the molecule is C[C@H](NC(=O)CN)C(=O)NCC(=O)N(CC(=O)N1CCC[C@H]1C(=O)N[C@@H](Cc1ccc(O)cc1)C(N)=O)C1CCCCC1. The molecule has 3 atom stereocenters. The Labute approximate surface area is 250 Å². The number of hydrogen-bond donors (Lipinski definition) is 6. The third-order valence-corrected chi connectivity index (χ3v) is 7.92. The van der Waals surface area contributed by atoms with Gasteiger partial charge in [0, 0.05) is 19.0 Å². The van der Waals surface area contributed by atoms with Crippen LogP contribution >= 0.6 is 0 Å². The summed E-state index contributed by atoms with van der Waals surface area (Å²) in [5, 5.41) is 17.1. The number of benzene rings is 1. The van der Waals surface area contributed by atoms with Gasteiger partial charge in [0.15, 0.2) is 0 Å². The van der Waals surface area contributed by atoms with Crippen molar-refractivity contribution in [1.82, 2.24) is 25.8 Å². The second-order valence-electron chi connectivity index (χ2n) is 11.1. The standard InChI is InChI=1S/C29H43N7O7/c1-18(33-24(38)15-30)28(42)32-16-25(39)36(20-6-3-2-4-7-20)17-26(40)35-13-5-8-23(35)29(43)34-22(27(31)41)14-19-9-11-21(37)12-10-19/h9-12,18,20,22-23,37H,2-8,13-17,30H2,1H3,(H2,31,41)(H,32,42)(H,33,38)(H,34,43)/t18-,22-,23-/m0/s1. The van der Waals surface area contributed by atoms with Crippen molar-refractivity contribution >= 4 is 35.4 Å². The summed E-state index contributed by atoms with van der Waals surface area (Å²) in [5.74, 6) is -3.07. The van der Waals surface area contributed by atoms with E-state index < -0.39 is 53.6 Å². The molecule has 3 rings (SSSR count). The zero-order valence-electron chi connectivity index (χ0n) is 24.5. The Morgan fingerprint density at radius 2 is 1.67 bits per heavy atom. The maximum Gasteiger partial charge on any atom is 0.243 e. The molecule has 0 unspecified atom stereocenters. The van der Waals surface area contributed by atoms with Crippen LogP contribution in [0.4, 0.5) is 0 Å². The van der Waals surface area contributed by atoms with E-state index in [1.54, 1.807) is 12.1 Å². The summed E-state index contributed by atoms with van der Waals surface area (Å²) in [6, 6.07) is 3.26. The summed E-state index contributed by atoms with van der Waals surface area (Å²) in [6.07, 6.45) is 5.36. The van der Waals surface area contributed by atoms with Crippen LogP contribution in [-0.4, -0.2) is 101 Å². The van der Waals surface area contributed by atoms with Crippen LogP contribution in [0.25, 0.3) is 0 Å². The number of amides is 6. The van der Waals surface area contributed by atoms with Gasteiger partial charge in [-0.1, -0.05) is 31.4 Å². The molecule has 0 aromatic heterocycles. The minimum atomic E-state index is -1.02. The summed E-state index contributed by atoms with van der Waals surface area (Å²) in [5.41, 5.74) is 11.5. The highest BCUT2D eigenvalue weighted by Gasteiger charge is 2.37. The molecule has 14 heteroatoms. The number of nitrogens with zero attached hydrogens (tertiary/aromatic N) is 2. The molecule has 1 aromatic rings. The van der Waals surface area contributed by atoms with Crippen LogP contribution in [0.1, 0.15) is 57.4 Å². The van der Waals surface area contributed by atoms with Gasteiger partial charge in [0.2, 0.25) is 35.4 Å². The number of nitrogens with one attached hydrogen (secondary N) is 3. The maximum absolute atomic E-state index is 13.6. The molecular formula is C29H43N7O7. The molecule has 1 saturated carbocycles. The van der Waals surface area contributed by atoms with Gasteiger partial charge < -0.3 is 42.3 Å². The smallest absolute Gasteiger partial charge is 0.243 e. The van der Waals surface area contributed by atoms with Crippen molar-refractivity contribution in [1.29, 1.82) is 0 Å². The molecule has 2 fully saturated rings. The number of phenols is 1. The lowest BCUT2D eigenvalue weighted by Crippen LogP contribution is -2.56. The first-order chi connectivity index (χ1) is 20.5. The van der Waals surface area contributed by atoms with E-state index in [1.165, 1.54) is 28.9 Å². The third-order valence-electron chi connectivity index (χ3n) is 7.92. The highest BCUT2D eigenvalue weighted by molar-refractivity contribution is 5.94. The van der Waals surface area contributed by atoms with Gasteiger partial charge in [-0.25, -0.2) is 0 Å². The van der Waals surface area contributed by atoms with Crippen LogP contribution < -0.4 is 27.4 Å². The maximum atomic E-state index is 13.6. The summed E-state index contributed by atoms with van der Waals surface area (Å²) >= 11 is 0. The highest BCUT2D eigenvalue weighted by atomic mass is 16.3. The second kappa shape index (κ2) is 15.9. The summed E-state index contributed by atoms with van der Waals surface area (Å²) in [7, 11) is 0. The zero-order valence-corrected chi connectivity index (χ0v) is 24.5. The molecule has 43 heavy (non-hydrogen) atoms. The molecule has 0 radical (unpaired) electrons. The topological polar surface area (TPSA) is 217 Å². The molecule has 1 aromatic carbocycles. The number of carbonyl (C=O) groups is 6. The Morgan fingerprint density at radius 1 is 1.00 bits per heavy atom. The number of phenolic OH excluding ortho intramolecular Hbond substituents is 1. The van der Waals surface area contributed by atoms with E-state index in [2.05, 4.69) is 16.0 Å². The second-order valence-corrected chi connectivity index (χ2v) is 11.1. The Morgan fingerprint density at radius 3 is 2.30 bits per heavy atom. The van der Waals surface area contributed by atoms with Crippen LogP contribution in [0.2, 0.25) is 0 Å². The lowest BCUT2D eigenvalue weighted by atomic mass is 9.94. The molecule has 1 saturated heterocycles. The molecule has 1 heterocycles. The van der Waals surface area contributed by atoms with Gasteiger partial charge in [0.05, 0.1) is 13.1 Å². The van der Waals surface area contributed by atoms with Crippen molar-refractivity contribution in [2.24, 2.45) is 11.5 Å². The normalized spacial score (nSPS) is 18.3. The number of rotatable bonds is 13. The van der Waals surface area contributed by atoms with Crippen molar-refractivity contribution in [3.05, 3.63) is 29.8 Å². The molecule has 0 spiro atoms. The van der Waals surface area contributed by atoms with E-state index in [1.807, 2.05) is 0 Å². The lowest BCUT2D eigenvalue weighted by Gasteiger charge is -2.36.